The van der Waals surface area contributed by atoms with Crippen LogP contribution in [0.1, 0.15) is 36.8 Å². The molecule has 1 saturated heterocycles. The fourth-order valence-electron chi connectivity index (χ4n) is 2.84. The molecular weight excluding hydrogens is 366 g/mol. The summed E-state index contributed by atoms with van der Waals surface area (Å²) in [4.78, 5) is 27.5. The molecule has 1 aromatic carbocycles. The minimum absolute atomic E-state index is 0.0768. The summed E-state index contributed by atoms with van der Waals surface area (Å²) in [6, 6.07) is 8.19. The van der Waals surface area contributed by atoms with Crippen LogP contribution >= 0.6 is 24.0 Å². The Balaban J connectivity index is 1.64. The maximum absolute atomic E-state index is 12.1. The lowest BCUT2D eigenvalue weighted by Gasteiger charge is -2.15. The van der Waals surface area contributed by atoms with Gasteiger partial charge in [-0.25, -0.2) is 0 Å². The minimum atomic E-state index is 0.0768. The maximum Gasteiger partial charge on any atom is 0.238 e. The van der Waals surface area contributed by atoms with Gasteiger partial charge in [0.05, 0.1) is 5.75 Å². The normalized spacial score (nSPS) is 14.3. The highest BCUT2D eigenvalue weighted by Gasteiger charge is 2.25. The van der Waals surface area contributed by atoms with E-state index in [2.05, 4.69) is 22.3 Å². The summed E-state index contributed by atoms with van der Waals surface area (Å²) in [5, 5.41) is 3.01. The first-order chi connectivity index (χ1) is 12.5. The number of carbonyl (C=O) groups is 2. The van der Waals surface area contributed by atoms with Crippen LogP contribution in [-0.2, 0) is 22.7 Å². The van der Waals surface area contributed by atoms with Crippen LogP contribution in [0.5, 0.6) is 0 Å². The molecule has 0 unspecified atom stereocenters. The molecule has 0 atom stereocenters. The zero-order valence-electron chi connectivity index (χ0n) is 15.5. The lowest BCUT2D eigenvalue weighted by molar-refractivity contribution is -0.124. The van der Waals surface area contributed by atoms with Crippen molar-refractivity contribution in [3.05, 3.63) is 35.4 Å². The third kappa shape index (κ3) is 6.70. The van der Waals surface area contributed by atoms with E-state index in [0.29, 0.717) is 29.6 Å². The van der Waals surface area contributed by atoms with Gasteiger partial charge in [0.15, 0.2) is 0 Å². The van der Waals surface area contributed by atoms with Crippen LogP contribution < -0.4 is 5.32 Å². The van der Waals surface area contributed by atoms with Crippen molar-refractivity contribution in [1.29, 1.82) is 0 Å². The minimum Gasteiger partial charge on any atom is -0.352 e. The molecule has 1 N–H and O–H groups in total. The number of thiocarbonyl (C=S) groups is 1. The van der Waals surface area contributed by atoms with Gasteiger partial charge < -0.3 is 10.2 Å². The number of nitrogens with zero attached hydrogens (tertiary/aromatic N) is 2. The molecule has 1 aliphatic rings. The lowest BCUT2D eigenvalue weighted by Crippen LogP contribution is -2.29. The third-order valence-electron chi connectivity index (χ3n) is 4.21. The molecule has 1 aliphatic heterocycles. The highest BCUT2D eigenvalue weighted by atomic mass is 32.2. The van der Waals surface area contributed by atoms with Crippen LogP contribution in [0, 0.1) is 0 Å². The third-order valence-corrected chi connectivity index (χ3v) is 5.64. The molecule has 2 rings (SSSR count). The molecule has 0 aromatic heterocycles. The van der Waals surface area contributed by atoms with Crippen molar-refractivity contribution >= 4 is 40.1 Å². The van der Waals surface area contributed by atoms with Gasteiger partial charge in [0.1, 0.15) is 4.32 Å². The molecule has 0 aliphatic carbocycles. The first kappa shape index (κ1) is 20.9. The Hall–Kier alpha value is -1.44. The Morgan fingerprint density at radius 2 is 1.96 bits per heavy atom. The number of unbranched alkanes of at least 4 members (excludes halogenated alkanes) is 2. The molecule has 0 radical (unpaired) electrons. The van der Waals surface area contributed by atoms with Crippen LogP contribution in [0.25, 0.3) is 0 Å². The molecular formula is C19H27N3O2S2. The van der Waals surface area contributed by atoms with Gasteiger partial charge in [-0.05, 0) is 38.1 Å². The van der Waals surface area contributed by atoms with Crippen LogP contribution in [0.3, 0.4) is 0 Å². The fourth-order valence-corrected chi connectivity index (χ4v) is 3.96. The van der Waals surface area contributed by atoms with Crippen molar-refractivity contribution in [2.45, 2.75) is 38.8 Å². The predicted molar refractivity (Wildman–Crippen MR) is 111 cm³/mol. The van der Waals surface area contributed by atoms with Gasteiger partial charge >= 0.3 is 0 Å². The summed E-state index contributed by atoms with van der Waals surface area (Å²) >= 11 is 6.59. The van der Waals surface area contributed by atoms with E-state index in [9.17, 15) is 9.59 Å². The molecule has 0 saturated carbocycles. The van der Waals surface area contributed by atoms with Crippen molar-refractivity contribution in [3.8, 4) is 0 Å². The van der Waals surface area contributed by atoms with Crippen molar-refractivity contribution < 1.29 is 9.59 Å². The summed E-state index contributed by atoms with van der Waals surface area (Å²) in [5.74, 6) is 0.651. The Bertz CT molecular complexity index is 633. The smallest absolute Gasteiger partial charge is 0.238 e. The summed E-state index contributed by atoms with van der Waals surface area (Å²) in [5.41, 5.74) is 2.40. The number of carbonyl (C=O) groups excluding carboxylic acids is 2. The highest BCUT2D eigenvalue weighted by Crippen LogP contribution is 2.19. The lowest BCUT2D eigenvalue weighted by atomic mass is 10.1. The van der Waals surface area contributed by atoms with E-state index >= 15 is 0 Å². The van der Waals surface area contributed by atoms with Crippen LogP contribution in [0.15, 0.2) is 24.3 Å². The predicted octanol–water partition coefficient (Wildman–Crippen LogP) is 2.79. The summed E-state index contributed by atoms with van der Waals surface area (Å²) in [7, 11) is 4.08. The topological polar surface area (TPSA) is 52.7 Å². The Labute approximate surface area is 165 Å². The number of benzene rings is 1. The van der Waals surface area contributed by atoms with Crippen LogP contribution in [0.4, 0.5) is 0 Å². The molecule has 1 heterocycles. The Morgan fingerprint density at radius 1 is 1.23 bits per heavy atom. The molecule has 1 fully saturated rings. The average molecular weight is 394 g/mol. The van der Waals surface area contributed by atoms with E-state index < -0.39 is 0 Å². The zero-order chi connectivity index (χ0) is 18.9. The molecule has 0 bridgehead atoms. The van der Waals surface area contributed by atoms with E-state index in [0.717, 1.165) is 31.4 Å². The van der Waals surface area contributed by atoms with E-state index in [1.54, 1.807) is 4.90 Å². The molecule has 142 valence electrons. The Morgan fingerprint density at radius 3 is 2.62 bits per heavy atom. The van der Waals surface area contributed by atoms with Gasteiger partial charge in [-0.15, -0.1) is 0 Å². The first-order valence-electron chi connectivity index (χ1n) is 8.92. The van der Waals surface area contributed by atoms with Crippen molar-refractivity contribution in [2.24, 2.45) is 0 Å². The zero-order valence-corrected chi connectivity index (χ0v) is 17.1. The van der Waals surface area contributed by atoms with E-state index in [-0.39, 0.29) is 11.8 Å². The summed E-state index contributed by atoms with van der Waals surface area (Å²) < 4.78 is 0.684. The molecule has 2 amide bonds. The second-order valence-electron chi connectivity index (χ2n) is 6.69. The second-order valence-corrected chi connectivity index (χ2v) is 8.30. The largest absolute Gasteiger partial charge is 0.352 e. The highest BCUT2D eigenvalue weighted by molar-refractivity contribution is 8.23. The number of thioether (sulfide) groups is 1. The average Bonchev–Trinajstić information content (AvgIpc) is 2.92. The van der Waals surface area contributed by atoms with E-state index in [4.69, 9.17) is 12.2 Å². The van der Waals surface area contributed by atoms with Gasteiger partial charge in [-0.1, -0.05) is 54.7 Å². The molecule has 1 aromatic rings. The molecule has 5 nitrogen and oxygen atoms in total. The quantitative estimate of drug-likeness (QED) is 0.489. The Kier molecular flexibility index (Phi) is 8.54. The number of hydrogen-bond donors (Lipinski definition) is 1. The van der Waals surface area contributed by atoms with Gasteiger partial charge in [0.25, 0.3) is 0 Å². The van der Waals surface area contributed by atoms with Crippen LogP contribution in [-0.4, -0.2) is 52.3 Å². The molecule has 7 heteroatoms. The molecule has 26 heavy (non-hydrogen) atoms. The summed E-state index contributed by atoms with van der Waals surface area (Å²) in [6.07, 6.45) is 3.14. The monoisotopic (exact) mass is 393 g/mol. The maximum atomic E-state index is 12.1. The second kappa shape index (κ2) is 10.6. The number of hydrogen-bond acceptors (Lipinski definition) is 5. The first-order valence-corrected chi connectivity index (χ1v) is 10.3. The van der Waals surface area contributed by atoms with Crippen molar-refractivity contribution in [2.75, 3.05) is 26.4 Å². The van der Waals surface area contributed by atoms with Crippen molar-refractivity contribution in [3.63, 3.8) is 0 Å². The summed E-state index contributed by atoms with van der Waals surface area (Å²) in [6.45, 7) is 2.10. The van der Waals surface area contributed by atoms with Gasteiger partial charge in [-0.2, -0.15) is 0 Å². The van der Waals surface area contributed by atoms with E-state index in [1.807, 2.05) is 26.2 Å². The fraction of sp³-hybridized carbons (Fsp3) is 0.526. The SMILES string of the molecule is CN(C)Cc1ccccc1CNC(=O)CCCCCN1C(=O)CSC1=S. The van der Waals surface area contributed by atoms with Gasteiger partial charge in [0.2, 0.25) is 11.8 Å². The number of amides is 2. The van der Waals surface area contributed by atoms with Gasteiger partial charge in [-0.3, -0.25) is 14.5 Å². The van der Waals surface area contributed by atoms with Crippen LogP contribution in [0.2, 0.25) is 0 Å². The van der Waals surface area contributed by atoms with Crippen molar-refractivity contribution in [1.82, 2.24) is 15.1 Å². The number of rotatable bonds is 10. The molecule has 0 spiro atoms. The van der Waals surface area contributed by atoms with Gasteiger partial charge in [0, 0.05) is 26.1 Å². The number of nitrogens with one attached hydrogen (secondary N) is 1. The van der Waals surface area contributed by atoms with E-state index in [1.165, 1.54) is 17.3 Å². The standard InChI is InChI=1S/C19H27N3O2S2/c1-21(2)13-16-9-6-5-8-15(16)12-20-17(23)10-4-3-7-11-22-18(24)14-26-19(22)25/h5-6,8-9H,3-4,7,10-14H2,1-2H3,(H,20,23).